The molecule has 1 N–H and O–H groups in total. The van der Waals surface area contributed by atoms with Gasteiger partial charge in [0.2, 0.25) is 5.91 Å². The van der Waals surface area contributed by atoms with Crippen LogP contribution in [-0.4, -0.2) is 59.1 Å². The van der Waals surface area contributed by atoms with E-state index < -0.39 is 5.60 Å². The number of rotatable bonds is 5. The van der Waals surface area contributed by atoms with Crippen molar-refractivity contribution < 1.29 is 9.90 Å². The van der Waals surface area contributed by atoms with Crippen LogP contribution in [0, 0.1) is 5.92 Å². The van der Waals surface area contributed by atoms with Crippen molar-refractivity contribution in [3.8, 4) is 0 Å². The van der Waals surface area contributed by atoms with Crippen LogP contribution in [0.1, 0.15) is 47.0 Å². The molecular weight excluding hydrogens is 240 g/mol. The van der Waals surface area contributed by atoms with Crippen LogP contribution in [-0.2, 0) is 4.79 Å². The molecule has 1 fully saturated rings. The summed E-state index contributed by atoms with van der Waals surface area (Å²) < 4.78 is 0. The number of aliphatic hydroxyl groups is 1. The number of amides is 1. The van der Waals surface area contributed by atoms with Gasteiger partial charge in [0.25, 0.3) is 0 Å². The summed E-state index contributed by atoms with van der Waals surface area (Å²) in [7, 11) is 0. The van der Waals surface area contributed by atoms with Crippen molar-refractivity contribution in [1.29, 1.82) is 0 Å². The average Bonchev–Trinajstić information content (AvgIpc) is 2.63. The summed E-state index contributed by atoms with van der Waals surface area (Å²) in [6, 6.07) is 0. The van der Waals surface area contributed by atoms with E-state index in [9.17, 15) is 9.90 Å². The van der Waals surface area contributed by atoms with Gasteiger partial charge in [-0.05, 0) is 19.3 Å². The van der Waals surface area contributed by atoms with E-state index in [0.29, 0.717) is 0 Å². The van der Waals surface area contributed by atoms with Crippen LogP contribution in [0.3, 0.4) is 0 Å². The van der Waals surface area contributed by atoms with Crippen molar-refractivity contribution in [2.45, 2.75) is 52.6 Å². The van der Waals surface area contributed by atoms with Crippen molar-refractivity contribution in [1.82, 2.24) is 9.80 Å². The van der Waals surface area contributed by atoms with Gasteiger partial charge in [-0.15, -0.1) is 0 Å². The summed E-state index contributed by atoms with van der Waals surface area (Å²) in [6.07, 6.45) is 2.57. The zero-order chi connectivity index (χ0) is 14.5. The highest BCUT2D eigenvalue weighted by Gasteiger charge is 2.27. The van der Waals surface area contributed by atoms with Crippen molar-refractivity contribution in [2.75, 3.05) is 32.7 Å². The lowest BCUT2D eigenvalue weighted by atomic mass is 9.97. The van der Waals surface area contributed by atoms with Crippen LogP contribution in [0.2, 0.25) is 0 Å². The molecule has 1 rings (SSSR count). The van der Waals surface area contributed by atoms with Gasteiger partial charge in [-0.2, -0.15) is 0 Å². The third-order valence-corrected chi connectivity index (χ3v) is 4.23. The van der Waals surface area contributed by atoms with Gasteiger partial charge in [-0.1, -0.05) is 27.7 Å². The maximum Gasteiger partial charge on any atom is 0.225 e. The number of β-amino-alcohol motifs (C(OH)–C–C–N with tert-alkyl or cyclic N) is 1. The molecule has 112 valence electrons. The maximum absolute atomic E-state index is 12.0. The van der Waals surface area contributed by atoms with Gasteiger partial charge >= 0.3 is 0 Å². The van der Waals surface area contributed by atoms with E-state index in [1.807, 2.05) is 32.6 Å². The Bertz CT molecular complexity index is 288. The van der Waals surface area contributed by atoms with Gasteiger partial charge in [-0.3, -0.25) is 9.69 Å². The van der Waals surface area contributed by atoms with Gasteiger partial charge in [0.15, 0.2) is 0 Å². The Hall–Kier alpha value is -0.610. The van der Waals surface area contributed by atoms with E-state index in [1.165, 1.54) is 0 Å². The molecule has 1 aliphatic rings. The highest BCUT2D eigenvalue weighted by Crippen LogP contribution is 2.18. The Balaban J connectivity index is 2.52. The normalized spacial score (nSPS) is 18.7. The van der Waals surface area contributed by atoms with Crippen LogP contribution in [0.15, 0.2) is 0 Å². The fourth-order valence-electron chi connectivity index (χ4n) is 2.60. The molecular formula is C15H30N2O2. The minimum atomic E-state index is -0.572. The van der Waals surface area contributed by atoms with E-state index in [0.717, 1.165) is 52.0 Å². The minimum absolute atomic E-state index is 0.0785. The Morgan fingerprint density at radius 2 is 1.79 bits per heavy atom. The minimum Gasteiger partial charge on any atom is -0.389 e. The number of hydrogen-bond donors (Lipinski definition) is 1. The molecule has 0 saturated carbocycles. The topological polar surface area (TPSA) is 43.8 Å². The van der Waals surface area contributed by atoms with Crippen molar-refractivity contribution in [3.63, 3.8) is 0 Å². The van der Waals surface area contributed by atoms with Crippen molar-refractivity contribution >= 4 is 5.91 Å². The quantitative estimate of drug-likeness (QED) is 0.827. The molecule has 0 aromatic rings. The Morgan fingerprint density at radius 3 is 2.32 bits per heavy atom. The monoisotopic (exact) mass is 270 g/mol. The molecule has 4 heteroatoms. The molecule has 19 heavy (non-hydrogen) atoms. The number of carbonyl (C=O) groups is 1. The van der Waals surface area contributed by atoms with Gasteiger partial charge < -0.3 is 10.0 Å². The Kier molecular flexibility index (Phi) is 6.27. The fraction of sp³-hybridized carbons (Fsp3) is 0.933. The van der Waals surface area contributed by atoms with Crippen LogP contribution in [0.25, 0.3) is 0 Å². The molecule has 0 aliphatic carbocycles. The van der Waals surface area contributed by atoms with E-state index in [1.54, 1.807) is 0 Å². The van der Waals surface area contributed by atoms with Gasteiger partial charge in [-0.25, -0.2) is 0 Å². The number of hydrogen-bond acceptors (Lipinski definition) is 3. The summed E-state index contributed by atoms with van der Waals surface area (Å²) in [5.74, 6) is 0.331. The van der Waals surface area contributed by atoms with Crippen molar-refractivity contribution in [3.05, 3.63) is 0 Å². The Labute approximate surface area is 117 Å². The summed E-state index contributed by atoms with van der Waals surface area (Å²) in [4.78, 5) is 16.3. The molecule has 4 nitrogen and oxygen atoms in total. The summed E-state index contributed by atoms with van der Waals surface area (Å²) in [6.45, 7) is 12.2. The molecule has 0 bridgehead atoms. The second kappa shape index (κ2) is 7.25. The average molecular weight is 270 g/mol. The van der Waals surface area contributed by atoms with E-state index in [2.05, 4.69) is 4.90 Å². The first kappa shape index (κ1) is 16.4. The second-order valence-electron chi connectivity index (χ2n) is 6.04. The molecule has 1 aliphatic heterocycles. The van der Waals surface area contributed by atoms with Gasteiger partial charge in [0.05, 0.1) is 5.60 Å². The van der Waals surface area contributed by atoms with E-state index >= 15 is 0 Å². The Morgan fingerprint density at radius 1 is 1.16 bits per heavy atom. The van der Waals surface area contributed by atoms with E-state index in [-0.39, 0.29) is 11.8 Å². The first-order chi connectivity index (χ1) is 8.91. The number of nitrogens with zero attached hydrogens (tertiary/aromatic N) is 2. The summed E-state index contributed by atoms with van der Waals surface area (Å²) in [5, 5.41) is 10.4. The lowest BCUT2D eigenvalue weighted by Crippen LogP contribution is -2.44. The van der Waals surface area contributed by atoms with Gasteiger partial charge in [0.1, 0.15) is 0 Å². The molecule has 0 aromatic heterocycles. The SMILES string of the molecule is CCC(O)(CC)CN1CCCN(C(=O)C(C)C)CC1. The largest absolute Gasteiger partial charge is 0.389 e. The molecule has 1 amide bonds. The molecule has 0 spiro atoms. The highest BCUT2D eigenvalue weighted by molar-refractivity contribution is 5.78. The van der Waals surface area contributed by atoms with Gasteiger partial charge in [0, 0.05) is 38.6 Å². The van der Waals surface area contributed by atoms with Crippen LogP contribution in [0.5, 0.6) is 0 Å². The summed E-state index contributed by atoms with van der Waals surface area (Å²) in [5.41, 5.74) is -0.572. The van der Waals surface area contributed by atoms with Crippen LogP contribution in [0.4, 0.5) is 0 Å². The maximum atomic E-state index is 12.0. The van der Waals surface area contributed by atoms with Crippen LogP contribution >= 0.6 is 0 Å². The van der Waals surface area contributed by atoms with Crippen LogP contribution < -0.4 is 0 Å². The molecule has 0 radical (unpaired) electrons. The third kappa shape index (κ3) is 4.77. The zero-order valence-corrected chi connectivity index (χ0v) is 13.0. The number of carbonyl (C=O) groups excluding carboxylic acids is 1. The third-order valence-electron chi connectivity index (χ3n) is 4.23. The van der Waals surface area contributed by atoms with Crippen molar-refractivity contribution in [2.24, 2.45) is 5.92 Å². The fourth-order valence-corrected chi connectivity index (χ4v) is 2.60. The standard InChI is InChI=1S/C15H30N2O2/c1-5-15(19,6-2)12-16-8-7-9-17(11-10-16)14(18)13(3)4/h13,19H,5-12H2,1-4H3. The van der Waals surface area contributed by atoms with E-state index in [4.69, 9.17) is 0 Å². The molecule has 0 atom stereocenters. The second-order valence-corrected chi connectivity index (χ2v) is 6.04. The first-order valence-corrected chi connectivity index (χ1v) is 7.65. The first-order valence-electron chi connectivity index (χ1n) is 7.65. The zero-order valence-electron chi connectivity index (χ0n) is 13.0. The lowest BCUT2D eigenvalue weighted by molar-refractivity contribution is -0.134. The lowest BCUT2D eigenvalue weighted by Gasteiger charge is -2.32. The molecule has 1 saturated heterocycles. The molecule has 1 heterocycles. The highest BCUT2D eigenvalue weighted by atomic mass is 16.3. The smallest absolute Gasteiger partial charge is 0.225 e. The predicted molar refractivity (Wildman–Crippen MR) is 78.0 cm³/mol. The molecule has 0 unspecified atom stereocenters. The predicted octanol–water partition coefficient (Wildman–Crippen LogP) is 1.73. The summed E-state index contributed by atoms with van der Waals surface area (Å²) >= 11 is 0. The molecule has 0 aromatic carbocycles.